The van der Waals surface area contributed by atoms with Gasteiger partial charge in [0.2, 0.25) is 0 Å². The fourth-order valence-electron chi connectivity index (χ4n) is 0.745. The van der Waals surface area contributed by atoms with E-state index in [9.17, 15) is 9.90 Å². The summed E-state index contributed by atoms with van der Waals surface area (Å²) in [6, 6.07) is 0. The first-order chi connectivity index (χ1) is 5.72. The van der Waals surface area contributed by atoms with Gasteiger partial charge in [-0.1, -0.05) is 19.8 Å². The lowest BCUT2D eigenvalue weighted by Crippen LogP contribution is -2.37. The van der Waals surface area contributed by atoms with Crippen LogP contribution in [0.1, 0.15) is 33.1 Å². The lowest BCUT2D eigenvalue weighted by molar-refractivity contribution is -0.363. The molecule has 1 atom stereocenters. The summed E-state index contributed by atoms with van der Waals surface area (Å²) in [5.74, 6) is -1.21. The Morgan fingerprint density at radius 3 is 2.58 bits per heavy atom. The van der Waals surface area contributed by atoms with Crippen molar-refractivity contribution in [2.75, 3.05) is 6.61 Å². The first kappa shape index (κ1) is 11.4. The molecule has 0 amide bonds. The average Bonchev–Trinajstić information content (AvgIpc) is 2.04. The number of carboxylic acids is 1. The van der Waals surface area contributed by atoms with Crippen LogP contribution in [0.3, 0.4) is 0 Å². The van der Waals surface area contributed by atoms with Crippen molar-refractivity contribution in [3.8, 4) is 0 Å². The van der Waals surface area contributed by atoms with Crippen molar-refractivity contribution in [3.05, 3.63) is 0 Å². The number of rotatable bonds is 7. The summed E-state index contributed by atoms with van der Waals surface area (Å²) < 4.78 is 0. The van der Waals surface area contributed by atoms with Crippen LogP contribution in [0.4, 0.5) is 0 Å². The number of hydrogen-bond donors (Lipinski definition) is 0. The van der Waals surface area contributed by atoms with Gasteiger partial charge in [0.1, 0.15) is 6.10 Å². The minimum Gasteiger partial charge on any atom is -0.547 e. The molecule has 0 bridgehead atoms. The summed E-state index contributed by atoms with van der Waals surface area (Å²) >= 11 is 0. The molecule has 0 saturated heterocycles. The lowest BCUT2D eigenvalue weighted by Gasteiger charge is -2.16. The molecule has 1 unspecified atom stereocenters. The van der Waals surface area contributed by atoms with Crippen molar-refractivity contribution in [1.29, 1.82) is 0 Å². The monoisotopic (exact) mass is 175 g/mol. The van der Waals surface area contributed by atoms with Gasteiger partial charge in [-0.05, 0) is 13.3 Å². The Bertz CT molecular complexity index is 116. The van der Waals surface area contributed by atoms with Gasteiger partial charge in [-0.2, -0.15) is 0 Å². The van der Waals surface area contributed by atoms with Crippen LogP contribution >= 0.6 is 0 Å². The fraction of sp³-hybridized carbons (Fsp3) is 0.875. The van der Waals surface area contributed by atoms with Crippen LogP contribution in [-0.4, -0.2) is 18.7 Å². The maximum atomic E-state index is 10.4. The molecule has 0 fully saturated rings. The highest BCUT2D eigenvalue weighted by atomic mass is 17.2. The molecule has 0 heterocycles. The smallest absolute Gasteiger partial charge is 0.132 e. The van der Waals surface area contributed by atoms with E-state index in [4.69, 9.17) is 0 Å². The molecule has 0 aliphatic heterocycles. The van der Waals surface area contributed by atoms with Gasteiger partial charge in [0.15, 0.2) is 0 Å². The minimum absolute atomic E-state index is 0.343. The molecular weight excluding hydrogens is 160 g/mol. The quantitative estimate of drug-likeness (QED) is 0.411. The van der Waals surface area contributed by atoms with Crippen LogP contribution < -0.4 is 5.11 Å². The van der Waals surface area contributed by atoms with E-state index >= 15 is 0 Å². The molecule has 0 aromatic carbocycles. The Kier molecular flexibility index (Phi) is 6.70. The SMILES string of the molecule is CCCCC(OOCC)C(=O)[O-]. The molecular formula is C8H15O4-. The van der Waals surface area contributed by atoms with Crippen LogP contribution in [0.15, 0.2) is 0 Å². The van der Waals surface area contributed by atoms with E-state index in [2.05, 4.69) is 9.78 Å². The third-order valence-electron chi connectivity index (χ3n) is 1.38. The van der Waals surface area contributed by atoms with Crippen LogP contribution in [0.25, 0.3) is 0 Å². The molecule has 4 nitrogen and oxygen atoms in total. The molecule has 0 saturated carbocycles. The second kappa shape index (κ2) is 7.06. The molecule has 0 aromatic heterocycles. The average molecular weight is 175 g/mol. The third-order valence-corrected chi connectivity index (χ3v) is 1.38. The molecule has 4 heteroatoms. The molecule has 12 heavy (non-hydrogen) atoms. The summed E-state index contributed by atoms with van der Waals surface area (Å²) in [5, 5.41) is 10.4. The molecule has 0 aromatic rings. The number of hydrogen-bond acceptors (Lipinski definition) is 4. The van der Waals surface area contributed by atoms with Gasteiger partial charge in [-0.3, -0.25) is 0 Å². The highest BCUT2D eigenvalue weighted by molar-refractivity contribution is 5.69. The molecule has 0 radical (unpaired) electrons. The van der Waals surface area contributed by atoms with Crippen molar-refractivity contribution >= 4 is 5.97 Å². The maximum Gasteiger partial charge on any atom is 0.132 e. The number of unbranched alkanes of at least 4 members (excludes halogenated alkanes) is 1. The predicted molar refractivity (Wildman–Crippen MR) is 41.0 cm³/mol. The largest absolute Gasteiger partial charge is 0.547 e. The van der Waals surface area contributed by atoms with Crippen molar-refractivity contribution in [2.24, 2.45) is 0 Å². The summed E-state index contributed by atoms with van der Waals surface area (Å²) in [5.41, 5.74) is 0. The maximum absolute atomic E-state index is 10.4. The van der Waals surface area contributed by atoms with E-state index in [0.717, 1.165) is 12.8 Å². The summed E-state index contributed by atoms with van der Waals surface area (Å²) in [6.45, 7) is 4.05. The summed E-state index contributed by atoms with van der Waals surface area (Å²) in [7, 11) is 0. The zero-order chi connectivity index (χ0) is 9.40. The Balaban J connectivity index is 3.62. The van der Waals surface area contributed by atoms with Crippen molar-refractivity contribution < 1.29 is 19.7 Å². The van der Waals surface area contributed by atoms with Gasteiger partial charge in [0.25, 0.3) is 0 Å². The molecule has 0 spiro atoms. The Hall–Kier alpha value is -0.610. The summed E-state index contributed by atoms with van der Waals surface area (Å²) in [6.07, 6.45) is 1.24. The molecule has 0 rings (SSSR count). The van der Waals surface area contributed by atoms with E-state index < -0.39 is 12.1 Å². The van der Waals surface area contributed by atoms with Crippen molar-refractivity contribution in [3.63, 3.8) is 0 Å². The first-order valence-electron chi connectivity index (χ1n) is 4.21. The van der Waals surface area contributed by atoms with E-state index in [1.54, 1.807) is 6.92 Å². The van der Waals surface area contributed by atoms with Crippen LogP contribution in [0, 0.1) is 0 Å². The zero-order valence-electron chi connectivity index (χ0n) is 7.54. The number of carbonyl (C=O) groups is 1. The Labute approximate surface area is 72.4 Å². The molecule has 0 N–H and O–H groups in total. The predicted octanol–water partition coefficient (Wildman–Crippen LogP) is 0.263. The van der Waals surface area contributed by atoms with Gasteiger partial charge < -0.3 is 9.90 Å². The third kappa shape index (κ3) is 5.09. The Morgan fingerprint density at radius 2 is 2.17 bits per heavy atom. The topological polar surface area (TPSA) is 58.6 Å². The van der Waals surface area contributed by atoms with E-state index in [1.165, 1.54) is 0 Å². The van der Waals surface area contributed by atoms with Crippen LogP contribution in [-0.2, 0) is 14.6 Å². The van der Waals surface area contributed by atoms with E-state index in [0.29, 0.717) is 13.0 Å². The summed E-state index contributed by atoms with van der Waals surface area (Å²) in [4.78, 5) is 19.5. The number of carboxylic acid groups (broad SMARTS) is 1. The molecule has 0 aliphatic rings. The Morgan fingerprint density at radius 1 is 1.50 bits per heavy atom. The standard InChI is InChI=1S/C8H16O4/c1-3-5-6-7(8(9)10)12-11-4-2/h7H,3-6H2,1-2H3,(H,9,10)/p-1. The normalized spacial score (nSPS) is 12.8. The highest BCUT2D eigenvalue weighted by Crippen LogP contribution is 2.04. The van der Waals surface area contributed by atoms with Gasteiger partial charge in [0, 0.05) is 0 Å². The number of aliphatic carboxylic acids is 1. The number of carbonyl (C=O) groups excluding carboxylic acids is 1. The highest BCUT2D eigenvalue weighted by Gasteiger charge is 2.09. The van der Waals surface area contributed by atoms with E-state index in [1.807, 2.05) is 6.92 Å². The second-order valence-electron chi connectivity index (χ2n) is 2.45. The lowest BCUT2D eigenvalue weighted by atomic mass is 10.2. The fourth-order valence-corrected chi connectivity index (χ4v) is 0.745. The molecule has 0 aliphatic carbocycles. The zero-order valence-corrected chi connectivity index (χ0v) is 7.54. The van der Waals surface area contributed by atoms with Gasteiger partial charge >= 0.3 is 0 Å². The van der Waals surface area contributed by atoms with Crippen LogP contribution in [0.5, 0.6) is 0 Å². The van der Waals surface area contributed by atoms with Crippen LogP contribution in [0.2, 0.25) is 0 Å². The van der Waals surface area contributed by atoms with Crippen molar-refractivity contribution in [1.82, 2.24) is 0 Å². The molecule has 72 valence electrons. The second-order valence-corrected chi connectivity index (χ2v) is 2.45. The van der Waals surface area contributed by atoms with Gasteiger partial charge in [0.05, 0.1) is 12.6 Å². The van der Waals surface area contributed by atoms with Crippen molar-refractivity contribution in [2.45, 2.75) is 39.2 Å². The van der Waals surface area contributed by atoms with Gasteiger partial charge in [-0.25, -0.2) is 9.78 Å². The first-order valence-corrected chi connectivity index (χ1v) is 4.21. The van der Waals surface area contributed by atoms with E-state index in [-0.39, 0.29) is 0 Å². The minimum atomic E-state index is -1.21. The van der Waals surface area contributed by atoms with Gasteiger partial charge in [-0.15, -0.1) is 0 Å².